The predicted octanol–water partition coefficient (Wildman–Crippen LogP) is 2.69. The molecular weight excluding hydrogens is 344 g/mol. The topological polar surface area (TPSA) is 76.7 Å². The molecule has 0 spiro atoms. The molecule has 1 aliphatic carbocycles. The SMILES string of the molecule is CC(NC(=O)C1(c2ccc3c(c2)OCCO3)CCCC1)C(=O)NC(C)(C)C. The lowest BCUT2D eigenvalue weighted by atomic mass is 9.77. The van der Waals surface area contributed by atoms with Gasteiger partial charge in [-0.2, -0.15) is 0 Å². The summed E-state index contributed by atoms with van der Waals surface area (Å²) in [4.78, 5) is 25.6. The zero-order valence-corrected chi connectivity index (χ0v) is 16.7. The predicted molar refractivity (Wildman–Crippen MR) is 103 cm³/mol. The average Bonchev–Trinajstić information content (AvgIpc) is 3.11. The van der Waals surface area contributed by atoms with Gasteiger partial charge in [0.15, 0.2) is 11.5 Å². The van der Waals surface area contributed by atoms with E-state index in [-0.39, 0.29) is 17.4 Å². The van der Waals surface area contributed by atoms with Crippen molar-refractivity contribution in [2.24, 2.45) is 0 Å². The molecule has 1 saturated carbocycles. The van der Waals surface area contributed by atoms with E-state index in [1.807, 2.05) is 39.0 Å². The highest BCUT2D eigenvalue weighted by Crippen LogP contribution is 2.44. The van der Waals surface area contributed by atoms with Crippen LogP contribution >= 0.6 is 0 Å². The standard InChI is InChI=1S/C21H30N2O4/c1-14(18(24)23-20(2,3)4)22-19(25)21(9-5-6-10-21)15-7-8-16-17(13-15)27-12-11-26-16/h7-8,13-14H,5-6,9-12H2,1-4H3,(H,22,25)(H,23,24). The van der Waals surface area contributed by atoms with E-state index in [0.29, 0.717) is 19.0 Å². The Morgan fingerprint density at radius 1 is 1.07 bits per heavy atom. The number of benzene rings is 1. The molecule has 6 heteroatoms. The minimum atomic E-state index is -0.619. The number of amides is 2. The van der Waals surface area contributed by atoms with Gasteiger partial charge in [-0.15, -0.1) is 0 Å². The summed E-state index contributed by atoms with van der Waals surface area (Å²) in [5.74, 6) is 1.15. The Labute approximate surface area is 161 Å². The normalized spacial score (nSPS) is 19.3. The molecule has 1 fully saturated rings. The molecule has 148 valence electrons. The zero-order chi connectivity index (χ0) is 19.7. The van der Waals surface area contributed by atoms with Crippen molar-refractivity contribution in [2.75, 3.05) is 13.2 Å². The quantitative estimate of drug-likeness (QED) is 0.850. The summed E-state index contributed by atoms with van der Waals surface area (Å²) in [6, 6.07) is 5.18. The van der Waals surface area contributed by atoms with E-state index in [1.54, 1.807) is 6.92 Å². The molecule has 1 atom stereocenters. The van der Waals surface area contributed by atoms with Crippen molar-refractivity contribution in [1.29, 1.82) is 0 Å². The van der Waals surface area contributed by atoms with Gasteiger partial charge in [-0.25, -0.2) is 0 Å². The maximum Gasteiger partial charge on any atom is 0.242 e. The minimum Gasteiger partial charge on any atom is -0.486 e. The van der Waals surface area contributed by atoms with Crippen LogP contribution in [0.5, 0.6) is 11.5 Å². The summed E-state index contributed by atoms with van der Waals surface area (Å²) in [5.41, 5.74) is -0.0199. The van der Waals surface area contributed by atoms with E-state index >= 15 is 0 Å². The van der Waals surface area contributed by atoms with Crippen molar-refractivity contribution < 1.29 is 19.1 Å². The molecule has 1 aliphatic heterocycles. The molecule has 27 heavy (non-hydrogen) atoms. The van der Waals surface area contributed by atoms with Crippen molar-refractivity contribution in [2.45, 2.75) is 70.4 Å². The third-order valence-electron chi connectivity index (χ3n) is 5.23. The van der Waals surface area contributed by atoms with Crippen molar-refractivity contribution in [3.05, 3.63) is 23.8 Å². The first-order valence-electron chi connectivity index (χ1n) is 9.74. The van der Waals surface area contributed by atoms with Gasteiger partial charge in [-0.3, -0.25) is 9.59 Å². The van der Waals surface area contributed by atoms with E-state index in [1.165, 1.54) is 0 Å². The van der Waals surface area contributed by atoms with Crippen LogP contribution in [-0.2, 0) is 15.0 Å². The summed E-state index contributed by atoms with van der Waals surface area (Å²) in [5, 5.41) is 5.86. The number of nitrogens with one attached hydrogen (secondary N) is 2. The van der Waals surface area contributed by atoms with Gasteiger partial charge in [0.2, 0.25) is 11.8 Å². The smallest absolute Gasteiger partial charge is 0.242 e. The first-order chi connectivity index (χ1) is 12.7. The van der Waals surface area contributed by atoms with Gasteiger partial charge in [0.25, 0.3) is 0 Å². The molecule has 6 nitrogen and oxygen atoms in total. The maximum atomic E-state index is 13.3. The summed E-state index contributed by atoms with van der Waals surface area (Å²) >= 11 is 0. The van der Waals surface area contributed by atoms with Crippen LogP contribution in [0.15, 0.2) is 18.2 Å². The van der Waals surface area contributed by atoms with Crippen molar-refractivity contribution in [3.63, 3.8) is 0 Å². The second kappa shape index (κ2) is 7.41. The lowest BCUT2D eigenvalue weighted by molar-refractivity contribution is -0.132. The molecular formula is C21H30N2O4. The second-order valence-electron chi connectivity index (χ2n) is 8.58. The fraction of sp³-hybridized carbons (Fsp3) is 0.619. The number of rotatable bonds is 4. The highest BCUT2D eigenvalue weighted by Gasteiger charge is 2.44. The Bertz CT molecular complexity index is 717. The Hall–Kier alpha value is -2.24. The molecule has 2 amide bonds. The highest BCUT2D eigenvalue weighted by molar-refractivity contribution is 5.93. The van der Waals surface area contributed by atoms with Crippen LogP contribution in [0.1, 0.15) is 58.9 Å². The van der Waals surface area contributed by atoms with E-state index in [4.69, 9.17) is 9.47 Å². The van der Waals surface area contributed by atoms with Gasteiger partial charge >= 0.3 is 0 Å². The van der Waals surface area contributed by atoms with Gasteiger partial charge in [0, 0.05) is 5.54 Å². The van der Waals surface area contributed by atoms with Crippen LogP contribution in [0.3, 0.4) is 0 Å². The molecule has 2 N–H and O–H groups in total. The van der Waals surface area contributed by atoms with Gasteiger partial charge in [0.1, 0.15) is 19.3 Å². The van der Waals surface area contributed by atoms with Crippen LogP contribution in [0.25, 0.3) is 0 Å². The monoisotopic (exact) mass is 374 g/mol. The summed E-state index contributed by atoms with van der Waals surface area (Å²) in [6.45, 7) is 8.55. The first kappa shape index (κ1) is 19.5. The second-order valence-corrected chi connectivity index (χ2v) is 8.58. The first-order valence-corrected chi connectivity index (χ1v) is 9.74. The summed E-state index contributed by atoms with van der Waals surface area (Å²) in [7, 11) is 0. The molecule has 0 bridgehead atoms. The molecule has 2 aliphatic rings. The lowest BCUT2D eigenvalue weighted by Crippen LogP contribution is -2.54. The van der Waals surface area contributed by atoms with Crippen LogP contribution < -0.4 is 20.1 Å². The number of fused-ring (bicyclic) bond motifs is 1. The van der Waals surface area contributed by atoms with Crippen LogP contribution in [0.4, 0.5) is 0 Å². The lowest BCUT2D eigenvalue weighted by Gasteiger charge is -2.31. The number of carbonyl (C=O) groups is 2. The van der Waals surface area contributed by atoms with E-state index in [0.717, 1.165) is 37.0 Å². The van der Waals surface area contributed by atoms with Gasteiger partial charge in [-0.1, -0.05) is 18.9 Å². The molecule has 1 aromatic rings. The fourth-order valence-corrected chi connectivity index (χ4v) is 3.84. The van der Waals surface area contributed by atoms with Gasteiger partial charge in [-0.05, 0) is 58.2 Å². The minimum absolute atomic E-state index is 0.0896. The number of ether oxygens (including phenoxy) is 2. The van der Waals surface area contributed by atoms with E-state index < -0.39 is 11.5 Å². The highest BCUT2D eigenvalue weighted by atomic mass is 16.6. The van der Waals surface area contributed by atoms with Crippen molar-refractivity contribution in [3.8, 4) is 11.5 Å². The van der Waals surface area contributed by atoms with E-state index in [2.05, 4.69) is 10.6 Å². The van der Waals surface area contributed by atoms with Crippen molar-refractivity contribution in [1.82, 2.24) is 10.6 Å². The zero-order valence-electron chi connectivity index (χ0n) is 16.7. The summed E-state index contributed by atoms with van der Waals surface area (Å²) < 4.78 is 11.3. The Balaban J connectivity index is 1.80. The maximum absolute atomic E-state index is 13.3. The van der Waals surface area contributed by atoms with Crippen molar-refractivity contribution >= 4 is 11.8 Å². The summed E-state index contributed by atoms with van der Waals surface area (Å²) in [6.07, 6.45) is 3.52. The Kier molecular flexibility index (Phi) is 5.36. The average molecular weight is 374 g/mol. The number of hydrogen-bond donors (Lipinski definition) is 2. The Morgan fingerprint density at radius 2 is 1.70 bits per heavy atom. The molecule has 1 unspecified atom stereocenters. The largest absolute Gasteiger partial charge is 0.486 e. The fourth-order valence-electron chi connectivity index (χ4n) is 3.84. The van der Waals surface area contributed by atoms with Gasteiger partial charge in [0.05, 0.1) is 5.41 Å². The number of hydrogen-bond acceptors (Lipinski definition) is 4. The van der Waals surface area contributed by atoms with Crippen LogP contribution in [0.2, 0.25) is 0 Å². The third kappa shape index (κ3) is 4.20. The molecule has 0 aromatic heterocycles. The molecule has 0 radical (unpaired) electrons. The van der Waals surface area contributed by atoms with Gasteiger partial charge < -0.3 is 20.1 Å². The van der Waals surface area contributed by atoms with Crippen LogP contribution in [-0.4, -0.2) is 36.6 Å². The van der Waals surface area contributed by atoms with E-state index in [9.17, 15) is 9.59 Å². The molecule has 1 aromatic carbocycles. The van der Waals surface area contributed by atoms with Crippen LogP contribution in [0, 0.1) is 0 Å². The third-order valence-corrected chi connectivity index (χ3v) is 5.23. The molecule has 3 rings (SSSR count). The number of carbonyl (C=O) groups excluding carboxylic acids is 2. The molecule has 1 heterocycles. The molecule has 0 saturated heterocycles. The Morgan fingerprint density at radius 3 is 2.33 bits per heavy atom.